The van der Waals surface area contributed by atoms with Crippen LogP contribution in [0.15, 0.2) is 66.7 Å². The van der Waals surface area contributed by atoms with E-state index in [4.69, 9.17) is 23.2 Å². The molecule has 3 aromatic rings. The predicted octanol–water partition coefficient (Wildman–Crippen LogP) is 6.67. The first-order chi connectivity index (χ1) is 19.5. The number of hydrogen-bond donors (Lipinski definition) is 2. The SMILES string of the molecule is O=C(NCCc1ccc(Cl)cc1)c1ccc(N2CCC(N3CCCCC3)CC2)c(NC(=O)c2cccc(Cl)c2)c1. The minimum absolute atomic E-state index is 0.178. The highest BCUT2D eigenvalue weighted by Gasteiger charge is 2.27. The Balaban J connectivity index is 1.30. The molecule has 0 radical (unpaired) electrons. The monoisotopic (exact) mass is 578 g/mol. The quantitative estimate of drug-likeness (QED) is 0.313. The van der Waals surface area contributed by atoms with E-state index in [0.717, 1.165) is 37.2 Å². The Hall–Kier alpha value is -3.06. The Morgan fingerprint density at radius 2 is 1.50 bits per heavy atom. The molecule has 0 atom stereocenters. The molecule has 5 rings (SSSR count). The van der Waals surface area contributed by atoms with Crippen LogP contribution in [0.1, 0.15) is 58.4 Å². The molecule has 2 aliphatic rings. The third-order valence-corrected chi connectivity index (χ3v) is 8.41. The van der Waals surface area contributed by atoms with Crippen LogP contribution in [0.25, 0.3) is 0 Å². The number of amides is 2. The second kappa shape index (κ2) is 13.5. The molecule has 210 valence electrons. The van der Waals surface area contributed by atoms with Crippen molar-refractivity contribution in [2.24, 2.45) is 0 Å². The van der Waals surface area contributed by atoms with Gasteiger partial charge < -0.3 is 20.4 Å². The summed E-state index contributed by atoms with van der Waals surface area (Å²) in [5, 5.41) is 7.26. The molecule has 2 amide bonds. The van der Waals surface area contributed by atoms with Crippen LogP contribution in [0.5, 0.6) is 0 Å². The highest BCUT2D eigenvalue weighted by molar-refractivity contribution is 6.31. The van der Waals surface area contributed by atoms with E-state index in [-0.39, 0.29) is 11.8 Å². The van der Waals surface area contributed by atoms with Crippen molar-refractivity contribution in [3.8, 4) is 0 Å². The lowest BCUT2D eigenvalue weighted by Gasteiger charge is -2.41. The maximum atomic E-state index is 13.2. The van der Waals surface area contributed by atoms with Crippen molar-refractivity contribution < 1.29 is 9.59 Å². The maximum absolute atomic E-state index is 13.2. The molecule has 3 aromatic carbocycles. The second-order valence-electron chi connectivity index (χ2n) is 10.6. The molecule has 2 saturated heterocycles. The smallest absolute Gasteiger partial charge is 0.255 e. The van der Waals surface area contributed by atoms with Crippen LogP contribution in [-0.2, 0) is 6.42 Å². The van der Waals surface area contributed by atoms with Gasteiger partial charge in [-0.15, -0.1) is 0 Å². The van der Waals surface area contributed by atoms with Gasteiger partial charge in [0.05, 0.1) is 11.4 Å². The number of nitrogens with zero attached hydrogens (tertiary/aromatic N) is 2. The minimum Gasteiger partial charge on any atom is -0.370 e. The number of anilines is 2. The summed E-state index contributed by atoms with van der Waals surface area (Å²) in [4.78, 5) is 31.2. The summed E-state index contributed by atoms with van der Waals surface area (Å²) in [5.41, 5.74) is 3.64. The fourth-order valence-electron chi connectivity index (χ4n) is 5.71. The number of carbonyl (C=O) groups is 2. The van der Waals surface area contributed by atoms with Crippen LogP contribution in [0, 0.1) is 0 Å². The number of carbonyl (C=O) groups excluding carboxylic acids is 2. The molecule has 0 unspecified atom stereocenters. The summed E-state index contributed by atoms with van der Waals surface area (Å²) in [5.74, 6) is -0.435. The molecule has 6 nitrogen and oxygen atoms in total. The summed E-state index contributed by atoms with van der Waals surface area (Å²) in [7, 11) is 0. The average molecular weight is 580 g/mol. The van der Waals surface area contributed by atoms with Crippen molar-refractivity contribution in [2.75, 3.05) is 42.9 Å². The molecule has 0 aliphatic carbocycles. The predicted molar refractivity (Wildman–Crippen MR) is 164 cm³/mol. The lowest BCUT2D eigenvalue weighted by molar-refractivity contribution is 0.0952. The zero-order chi connectivity index (χ0) is 27.9. The van der Waals surface area contributed by atoms with Crippen LogP contribution < -0.4 is 15.5 Å². The zero-order valence-corrected chi connectivity index (χ0v) is 24.2. The Morgan fingerprint density at radius 3 is 2.23 bits per heavy atom. The largest absolute Gasteiger partial charge is 0.370 e. The van der Waals surface area contributed by atoms with Crippen molar-refractivity contribution >= 4 is 46.4 Å². The van der Waals surface area contributed by atoms with E-state index in [1.165, 1.54) is 32.4 Å². The molecule has 2 aliphatic heterocycles. The number of rotatable bonds is 8. The van der Waals surface area contributed by atoms with E-state index in [9.17, 15) is 9.59 Å². The lowest BCUT2D eigenvalue weighted by Crippen LogP contribution is -2.46. The molecule has 2 fully saturated rings. The van der Waals surface area contributed by atoms with E-state index >= 15 is 0 Å². The van der Waals surface area contributed by atoms with Crippen LogP contribution >= 0.6 is 23.2 Å². The second-order valence-corrected chi connectivity index (χ2v) is 11.5. The fourth-order valence-corrected chi connectivity index (χ4v) is 6.02. The molecule has 0 saturated carbocycles. The zero-order valence-electron chi connectivity index (χ0n) is 22.7. The maximum Gasteiger partial charge on any atom is 0.255 e. The first-order valence-electron chi connectivity index (χ1n) is 14.2. The molecule has 2 N–H and O–H groups in total. The van der Waals surface area contributed by atoms with Crippen LogP contribution in [0.3, 0.4) is 0 Å². The van der Waals surface area contributed by atoms with Crippen LogP contribution in [0.2, 0.25) is 10.0 Å². The first-order valence-corrected chi connectivity index (χ1v) is 14.9. The van der Waals surface area contributed by atoms with Gasteiger partial charge in [0.25, 0.3) is 11.8 Å². The van der Waals surface area contributed by atoms with Crippen LogP contribution in [0.4, 0.5) is 11.4 Å². The summed E-state index contributed by atoms with van der Waals surface area (Å²) in [6.45, 7) is 4.72. The Morgan fingerprint density at radius 1 is 0.775 bits per heavy atom. The van der Waals surface area contributed by atoms with Crippen molar-refractivity contribution in [1.82, 2.24) is 10.2 Å². The van der Waals surface area contributed by atoms with Gasteiger partial charge in [0.1, 0.15) is 0 Å². The molecular formula is C32H36Cl2N4O2. The van der Waals surface area contributed by atoms with Crippen LogP contribution in [-0.4, -0.2) is 55.5 Å². The topological polar surface area (TPSA) is 64.7 Å². The summed E-state index contributed by atoms with van der Waals surface area (Å²) >= 11 is 12.1. The summed E-state index contributed by atoms with van der Waals surface area (Å²) in [6.07, 6.45) is 6.81. The number of halogens is 2. The number of hydrogen-bond acceptors (Lipinski definition) is 4. The Bertz CT molecular complexity index is 1320. The number of piperidine rings is 2. The normalized spacial score (nSPS) is 16.5. The van der Waals surface area contributed by atoms with E-state index < -0.39 is 0 Å². The lowest BCUT2D eigenvalue weighted by atomic mass is 9.99. The van der Waals surface area contributed by atoms with Crippen molar-refractivity contribution in [1.29, 1.82) is 0 Å². The van der Waals surface area contributed by atoms with E-state index in [2.05, 4.69) is 20.4 Å². The molecule has 40 heavy (non-hydrogen) atoms. The molecular weight excluding hydrogens is 543 g/mol. The Labute approximate surface area is 246 Å². The summed E-state index contributed by atoms with van der Waals surface area (Å²) in [6, 6.07) is 20.7. The fraction of sp³-hybridized carbons (Fsp3) is 0.375. The van der Waals surface area contributed by atoms with Gasteiger partial charge in [0, 0.05) is 46.8 Å². The highest BCUT2D eigenvalue weighted by Crippen LogP contribution is 2.32. The molecule has 0 bridgehead atoms. The van der Waals surface area contributed by atoms with E-state index in [0.29, 0.717) is 45.9 Å². The third kappa shape index (κ3) is 7.36. The van der Waals surface area contributed by atoms with Crippen molar-refractivity contribution in [3.05, 3.63) is 93.5 Å². The van der Waals surface area contributed by atoms with Crippen molar-refractivity contribution in [3.63, 3.8) is 0 Å². The molecule has 8 heteroatoms. The number of likely N-dealkylation sites (tertiary alicyclic amines) is 1. The van der Waals surface area contributed by atoms with E-state index in [1.807, 2.05) is 36.4 Å². The minimum atomic E-state index is -0.257. The molecule has 0 spiro atoms. The molecule has 0 aromatic heterocycles. The average Bonchev–Trinajstić information content (AvgIpc) is 2.98. The Kier molecular flexibility index (Phi) is 9.63. The first kappa shape index (κ1) is 28.5. The summed E-state index contributed by atoms with van der Waals surface area (Å²) < 4.78 is 0. The van der Waals surface area contributed by atoms with E-state index in [1.54, 1.807) is 30.3 Å². The van der Waals surface area contributed by atoms with Gasteiger partial charge in [0.2, 0.25) is 0 Å². The van der Waals surface area contributed by atoms with Gasteiger partial charge in [-0.25, -0.2) is 0 Å². The van der Waals surface area contributed by atoms with Gasteiger partial charge in [-0.3, -0.25) is 9.59 Å². The number of nitrogens with one attached hydrogen (secondary N) is 2. The number of benzene rings is 3. The third-order valence-electron chi connectivity index (χ3n) is 7.92. The van der Waals surface area contributed by atoms with Crippen molar-refractivity contribution in [2.45, 2.75) is 44.6 Å². The standard InChI is InChI=1S/C32H36Cl2N4O2/c33-26-10-7-23(8-11-26)13-16-35-31(39)25-9-12-30(29(22-25)36-32(40)24-5-4-6-27(34)21-24)38-19-14-28(15-20-38)37-17-2-1-3-18-37/h4-12,21-22,28H,1-3,13-20H2,(H,35,39)(H,36,40). The van der Waals surface area contributed by atoms with Gasteiger partial charge in [-0.05, 0) is 99.3 Å². The van der Waals surface area contributed by atoms with Gasteiger partial charge in [-0.1, -0.05) is 47.8 Å². The highest BCUT2D eigenvalue weighted by atomic mass is 35.5. The molecule has 2 heterocycles. The van der Waals surface area contributed by atoms with Gasteiger partial charge in [-0.2, -0.15) is 0 Å². The van der Waals surface area contributed by atoms with Gasteiger partial charge >= 0.3 is 0 Å². The van der Waals surface area contributed by atoms with Gasteiger partial charge in [0.15, 0.2) is 0 Å².